The summed E-state index contributed by atoms with van der Waals surface area (Å²) in [5.74, 6) is 2.40. The van der Waals surface area contributed by atoms with Crippen LogP contribution in [0.4, 0.5) is 0 Å². The summed E-state index contributed by atoms with van der Waals surface area (Å²) in [5.41, 5.74) is 3.86. The summed E-state index contributed by atoms with van der Waals surface area (Å²) in [6.07, 6.45) is 0.678. The number of furan rings is 1. The van der Waals surface area contributed by atoms with Crippen molar-refractivity contribution in [3.8, 4) is 17.2 Å². The van der Waals surface area contributed by atoms with Gasteiger partial charge in [0, 0.05) is 28.8 Å². The summed E-state index contributed by atoms with van der Waals surface area (Å²) in [6.45, 7) is 0. The molecule has 3 aromatic carbocycles. The number of methoxy groups -OCH3 is 3. The zero-order valence-electron chi connectivity index (χ0n) is 15.0. The van der Waals surface area contributed by atoms with Crippen LogP contribution in [0, 0.1) is 0 Å². The van der Waals surface area contributed by atoms with Crippen molar-refractivity contribution < 1.29 is 18.6 Å². The zero-order valence-corrected chi connectivity index (χ0v) is 15.0. The minimum atomic E-state index is 0.678. The third-order valence-corrected chi connectivity index (χ3v) is 4.64. The quantitative estimate of drug-likeness (QED) is 0.497. The first-order valence-corrected chi connectivity index (χ1v) is 8.42. The van der Waals surface area contributed by atoms with E-state index < -0.39 is 0 Å². The van der Waals surface area contributed by atoms with Crippen molar-refractivity contribution in [3.63, 3.8) is 0 Å². The highest BCUT2D eigenvalue weighted by atomic mass is 16.5. The summed E-state index contributed by atoms with van der Waals surface area (Å²) < 4.78 is 22.4. The number of hydrogen-bond donors (Lipinski definition) is 0. The molecule has 0 bridgehead atoms. The maximum Gasteiger partial charge on any atom is 0.139 e. The second-order valence-electron chi connectivity index (χ2n) is 6.11. The number of rotatable bonds is 5. The molecule has 0 fully saturated rings. The Kier molecular flexibility index (Phi) is 4.17. The molecule has 0 N–H and O–H groups in total. The first-order valence-electron chi connectivity index (χ1n) is 8.42. The second kappa shape index (κ2) is 6.64. The molecule has 0 aliphatic rings. The van der Waals surface area contributed by atoms with Gasteiger partial charge in [-0.05, 0) is 35.9 Å². The Balaban J connectivity index is 1.93. The molecule has 26 heavy (non-hydrogen) atoms. The monoisotopic (exact) mass is 348 g/mol. The first kappa shape index (κ1) is 16.3. The van der Waals surface area contributed by atoms with Gasteiger partial charge in [-0.15, -0.1) is 0 Å². The lowest BCUT2D eigenvalue weighted by Crippen LogP contribution is -1.96. The molecule has 0 atom stereocenters. The fraction of sp³-hybridized carbons (Fsp3) is 0.182. The molecule has 132 valence electrons. The van der Waals surface area contributed by atoms with E-state index in [4.69, 9.17) is 18.6 Å². The average molecular weight is 348 g/mol. The van der Waals surface area contributed by atoms with Gasteiger partial charge in [-0.3, -0.25) is 0 Å². The van der Waals surface area contributed by atoms with Crippen LogP contribution in [0.2, 0.25) is 0 Å². The number of fused-ring (bicyclic) bond motifs is 3. The van der Waals surface area contributed by atoms with Crippen LogP contribution >= 0.6 is 0 Å². The molecule has 0 amide bonds. The molecule has 4 nitrogen and oxygen atoms in total. The van der Waals surface area contributed by atoms with Crippen molar-refractivity contribution in [1.82, 2.24) is 0 Å². The van der Waals surface area contributed by atoms with E-state index in [1.807, 2.05) is 42.5 Å². The first-order chi connectivity index (χ1) is 12.7. The molecule has 0 radical (unpaired) electrons. The lowest BCUT2D eigenvalue weighted by Gasteiger charge is -2.12. The molecule has 1 aromatic heterocycles. The standard InChI is InChI=1S/C22H20O4/c1-23-16-8-9-19(25-3)14(11-16)10-15-12-17(24-2)13-21-22(15)18-6-4-5-7-20(18)26-21/h4-9,11-13H,10H2,1-3H3. The second-order valence-corrected chi connectivity index (χ2v) is 6.11. The van der Waals surface area contributed by atoms with E-state index in [2.05, 4.69) is 12.1 Å². The van der Waals surface area contributed by atoms with E-state index >= 15 is 0 Å². The van der Waals surface area contributed by atoms with Crippen LogP contribution < -0.4 is 14.2 Å². The highest BCUT2D eigenvalue weighted by Crippen LogP contribution is 2.37. The Morgan fingerprint density at radius 2 is 1.50 bits per heavy atom. The molecule has 0 unspecified atom stereocenters. The van der Waals surface area contributed by atoms with Crippen LogP contribution in [-0.2, 0) is 6.42 Å². The molecule has 1 heterocycles. The van der Waals surface area contributed by atoms with Crippen molar-refractivity contribution >= 4 is 21.9 Å². The maximum absolute atomic E-state index is 6.04. The number of para-hydroxylation sites is 1. The largest absolute Gasteiger partial charge is 0.497 e. The zero-order chi connectivity index (χ0) is 18.1. The van der Waals surface area contributed by atoms with Crippen LogP contribution in [0.1, 0.15) is 11.1 Å². The van der Waals surface area contributed by atoms with Gasteiger partial charge in [0.25, 0.3) is 0 Å². The van der Waals surface area contributed by atoms with Gasteiger partial charge in [-0.2, -0.15) is 0 Å². The Morgan fingerprint density at radius 1 is 0.731 bits per heavy atom. The molecule has 4 rings (SSSR count). The Hall–Kier alpha value is -3.14. The van der Waals surface area contributed by atoms with Gasteiger partial charge >= 0.3 is 0 Å². The van der Waals surface area contributed by atoms with Crippen LogP contribution in [-0.4, -0.2) is 21.3 Å². The van der Waals surface area contributed by atoms with E-state index in [-0.39, 0.29) is 0 Å². The minimum Gasteiger partial charge on any atom is -0.497 e. The Labute approximate surface area is 151 Å². The molecule has 0 aliphatic carbocycles. The van der Waals surface area contributed by atoms with Crippen LogP contribution in [0.3, 0.4) is 0 Å². The minimum absolute atomic E-state index is 0.678. The van der Waals surface area contributed by atoms with E-state index in [0.717, 1.165) is 50.3 Å². The number of hydrogen-bond acceptors (Lipinski definition) is 4. The Bertz CT molecular complexity index is 1080. The summed E-state index contributed by atoms with van der Waals surface area (Å²) in [7, 11) is 5.01. The number of ether oxygens (including phenoxy) is 3. The van der Waals surface area contributed by atoms with E-state index in [1.165, 1.54) is 0 Å². The third-order valence-electron chi connectivity index (χ3n) is 4.64. The van der Waals surface area contributed by atoms with Gasteiger partial charge in [0.2, 0.25) is 0 Å². The van der Waals surface area contributed by atoms with Crippen molar-refractivity contribution in [3.05, 3.63) is 65.7 Å². The van der Waals surface area contributed by atoms with Crippen molar-refractivity contribution in [2.75, 3.05) is 21.3 Å². The molecule has 4 heteroatoms. The van der Waals surface area contributed by atoms with Crippen molar-refractivity contribution in [2.45, 2.75) is 6.42 Å². The number of benzene rings is 3. The lowest BCUT2D eigenvalue weighted by atomic mass is 9.98. The SMILES string of the molecule is COc1ccc(OC)c(Cc2cc(OC)cc3oc4ccccc4c23)c1. The van der Waals surface area contributed by atoms with E-state index in [1.54, 1.807) is 21.3 Å². The fourth-order valence-corrected chi connectivity index (χ4v) is 3.39. The van der Waals surface area contributed by atoms with Gasteiger partial charge in [0.1, 0.15) is 28.4 Å². The van der Waals surface area contributed by atoms with Crippen LogP contribution in [0.25, 0.3) is 21.9 Å². The van der Waals surface area contributed by atoms with Crippen LogP contribution in [0.15, 0.2) is 59.0 Å². The highest BCUT2D eigenvalue weighted by Gasteiger charge is 2.15. The van der Waals surface area contributed by atoms with E-state index in [0.29, 0.717) is 6.42 Å². The smallest absolute Gasteiger partial charge is 0.139 e. The van der Waals surface area contributed by atoms with Crippen molar-refractivity contribution in [1.29, 1.82) is 0 Å². The van der Waals surface area contributed by atoms with Crippen molar-refractivity contribution in [2.24, 2.45) is 0 Å². The molecular weight excluding hydrogens is 328 g/mol. The van der Waals surface area contributed by atoms with Gasteiger partial charge in [-0.25, -0.2) is 0 Å². The van der Waals surface area contributed by atoms with Gasteiger partial charge in [0.15, 0.2) is 0 Å². The van der Waals surface area contributed by atoms with Gasteiger partial charge in [-0.1, -0.05) is 18.2 Å². The molecule has 4 aromatic rings. The maximum atomic E-state index is 6.04. The summed E-state index contributed by atoms with van der Waals surface area (Å²) in [5, 5.41) is 2.20. The molecule has 0 saturated carbocycles. The fourth-order valence-electron chi connectivity index (χ4n) is 3.39. The van der Waals surface area contributed by atoms with Gasteiger partial charge < -0.3 is 18.6 Å². The molecule has 0 spiro atoms. The topological polar surface area (TPSA) is 40.8 Å². The van der Waals surface area contributed by atoms with E-state index in [9.17, 15) is 0 Å². The highest BCUT2D eigenvalue weighted by molar-refractivity contribution is 6.07. The average Bonchev–Trinajstić information content (AvgIpc) is 3.06. The lowest BCUT2D eigenvalue weighted by molar-refractivity contribution is 0.399. The molecule has 0 aliphatic heterocycles. The normalized spacial score (nSPS) is 11.0. The molecule has 0 saturated heterocycles. The summed E-state index contributed by atoms with van der Waals surface area (Å²) in [4.78, 5) is 0. The Morgan fingerprint density at radius 3 is 2.27 bits per heavy atom. The van der Waals surface area contributed by atoms with Crippen LogP contribution in [0.5, 0.6) is 17.2 Å². The third kappa shape index (κ3) is 2.73. The molecular formula is C22H20O4. The summed E-state index contributed by atoms with van der Waals surface area (Å²) >= 11 is 0. The predicted molar refractivity (Wildman–Crippen MR) is 103 cm³/mol. The van der Waals surface area contributed by atoms with Gasteiger partial charge in [0.05, 0.1) is 21.3 Å². The summed E-state index contributed by atoms with van der Waals surface area (Å²) in [6, 6.07) is 17.9. The predicted octanol–water partition coefficient (Wildman–Crippen LogP) is 5.20.